The average molecular weight is 324 g/mol. The number of hydrogen-bond donors (Lipinski definition) is 1. The highest BCUT2D eigenvalue weighted by molar-refractivity contribution is 14.1. The van der Waals surface area contributed by atoms with E-state index >= 15 is 0 Å². The van der Waals surface area contributed by atoms with E-state index in [2.05, 4.69) is 22.6 Å². The summed E-state index contributed by atoms with van der Waals surface area (Å²) in [6, 6.07) is 4.97. The van der Waals surface area contributed by atoms with Crippen molar-refractivity contribution in [3.8, 4) is 0 Å². The lowest BCUT2D eigenvalue weighted by Crippen LogP contribution is -2.14. The summed E-state index contributed by atoms with van der Waals surface area (Å²) in [4.78, 5) is 11.8. The number of nitrogens with two attached hydrogens (primary N) is 1. The van der Waals surface area contributed by atoms with Crippen molar-refractivity contribution in [3.63, 3.8) is 0 Å². The lowest BCUT2D eigenvalue weighted by molar-refractivity contribution is 0.0994. The zero-order valence-corrected chi connectivity index (χ0v) is 10.7. The van der Waals surface area contributed by atoms with Gasteiger partial charge in [0.25, 0.3) is 0 Å². The van der Waals surface area contributed by atoms with Gasteiger partial charge in [0.05, 0.1) is 3.92 Å². The number of benzene rings is 1. The molecule has 0 radical (unpaired) electrons. The number of anilines is 1. The SMILES string of the molecule is CCC(I)C(=O)c1cc(Cl)ccc1N. The molecule has 0 heterocycles. The molecule has 2 nitrogen and oxygen atoms in total. The summed E-state index contributed by atoms with van der Waals surface area (Å²) in [5.41, 5.74) is 6.72. The fourth-order valence-electron chi connectivity index (χ4n) is 1.10. The van der Waals surface area contributed by atoms with Crippen LogP contribution in [0.1, 0.15) is 23.7 Å². The fourth-order valence-corrected chi connectivity index (χ4v) is 1.60. The van der Waals surface area contributed by atoms with Crippen molar-refractivity contribution < 1.29 is 4.79 Å². The maximum atomic E-state index is 11.8. The number of Topliss-reactive ketones (excluding diaryl/α,β-unsaturated/α-hetero) is 1. The molecule has 0 spiro atoms. The second-order valence-electron chi connectivity index (χ2n) is 2.97. The quantitative estimate of drug-likeness (QED) is 0.401. The van der Waals surface area contributed by atoms with Gasteiger partial charge in [-0.15, -0.1) is 0 Å². The standard InChI is InChI=1S/C10H11ClINO/c1-2-8(12)10(14)7-5-6(11)3-4-9(7)13/h3-5,8H,2,13H2,1H3. The topological polar surface area (TPSA) is 43.1 Å². The number of hydrogen-bond acceptors (Lipinski definition) is 2. The van der Waals surface area contributed by atoms with E-state index in [4.69, 9.17) is 17.3 Å². The molecule has 1 rings (SSSR count). The number of halogens is 2. The Balaban J connectivity index is 3.06. The minimum atomic E-state index is -0.0339. The summed E-state index contributed by atoms with van der Waals surface area (Å²) < 4.78 is -0.0339. The molecule has 0 amide bonds. The molecule has 14 heavy (non-hydrogen) atoms. The third-order valence-corrected chi connectivity index (χ3v) is 3.61. The van der Waals surface area contributed by atoms with Gasteiger partial charge in [-0.1, -0.05) is 41.1 Å². The predicted molar refractivity (Wildman–Crippen MR) is 68.3 cm³/mol. The van der Waals surface area contributed by atoms with Crippen LogP contribution in [-0.2, 0) is 0 Å². The summed E-state index contributed by atoms with van der Waals surface area (Å²) in [5, 5.41) is 0.544. The van der Waals surface area contributed by atoms with Crippen LogP contribution in [-0.4, -0.2) is 9.71 Å². The minimum absolute atomic E-state index is 0.0339. The molecule has 0 saturated heterocycles. The second kappa shape index (κ2) is 4.98. The van der Waals surface area contributed by atoms with E-state index in [0.29, 0.717) is 16.3 Å². The second-order valence-corrected chi connectivity index (χ2v) is 4.91. The van der Waals surface area contributed by atoms with Gasteiger partial charge < -0.3 is 5.73 Å². The zero-order chi connectivity index (χ0) is 10.7. The van der Waals surface area contributed by atoms with Crippen LogP contribution in [0.25, 0.3) is 0 Å². The van der Waals surface area contributed by atoms with Crippen molar-refractivity contribution in [3.05, 3.63) is 28.8 Å². The highest BCUT2D eigenvalue weighted by Crippen LogP contribution is 2.22. The third-order valence-electron chi connectivity index (χ3n) is 1.92. The van der Waals surface area contributed by atoms with Gasteiger partial charge in [-0.25, -0.2) is 0 Å². The Hall–Kier alpha value is -0.290. The molecule has 0 saturated carbocycles. The lowest BCUT2D eigenvalue weighted by Gasteiger charge is -2.08. The van der Waals surface area contributed by atoms with Gasteiger partial charge in [0.1, 0.15) is 0 Å². The largest absolute Gasteiger partial charge is 0.398 e. The van der Waals surface area contributed by atoms with Crippen LogP contribution in [0.4, 0.5) is 5.69 Å². The monoisotopic (exact) mass is 323 g/mol. The van der Waals surface area contributed by atoms with Crippen LogP contribution in [0.3, 0.4) is 0 Å². The van der Waals surface area contributed by atoms with E-state index < -0.39 is 0 Å². The van der Waals surface area contributed by atoms with Crippen molar-refractivity contribution in [1.29, 1.82) is 0 Å². The first-order chi connectivity index (χ1) is 6.56. The first kappa shape index (κ1) is 11.8. The molecule has 1 aromatic carbocycles. The van der Waals surface area contributed by atoms with Crippen LogP contribution in [0.2, 0.25) is 5.02 Å². The fraction of sp³-hybridized carbons (Fsp3) is 0.300. The van der Waals surface area contributed by atoms with Gasteiger partial charge in [-0.3, -0.25) is 4.79 Å². The van der Waals surface area contributed by atoms with E-state index in [1.165, 1.54) is 0 Å². The molecular weight excluding hydrogens is 312 g/mol. The Labute approximate surface area is 102 Å². The maximum absolute atomic E-state index is 11.8. The highest BCUT2D eigenvalue weighted by atomic mass is 127. The van der Waals surface area contributed by atoms with Crippen molar-refractivity contribution in [1.82, 2.24) is 0 Å². The molecule has 0 aromatic heterocycles. The lowest BCUT2D eigenvalue weighted by atomic mass is 10.1. The van der Waals surface area contributed by atoms with E-state index in [-0.39, 0.29) is 9.71 Å². The van der Waals surface area contributed by atoms with Gasteiger partial charge in [0.15, 0.2) is 5.78 Å². The van der Waals surface area contributed by atoms with Crippen LogP contribution >= 0.6 is 34.2 Å². The van der Waals surface area contributed by atoms with Crippen molar-refractivity contribution in [2.24, 2.45) is 0 Å². The van der Waals surface area contributed by atoms with Crippen molar-refractivity contribution in [2.45, 2.75) is 17.3 Å². The van der Waals surface area contributed by atoms with Gasteiger partial charge in [-0.2, -0.15) is 0 Å². The molecule has 0 fully saturated rings. The Morgan fingerprint density at radius 1 is 1.64 bits per heavy atom. The molecule has 2 N–H and O–H groups in total. The third kappa shape index (κ3) is 2.60. The molecule has 4 heteroatoms. The van der Waals surface area contributed by atoms with Gasteiger partial charge >= 0.3 is 0 Å². The first-order valence-electron chi connectivity index (χ1n) is 4.29. The summed E-state index contributed by atoms with van der Waals surface area (Å²) in [5.74, 6) is 0.0492. The zero-order valence-electron chi connectivity index (χ0n) is 7.76. The van der Waals surface area contributed by atoms with E-state index in [1.54, 1.807) is 18.2 Å². The Kier molecular flexibility index (Phi) is 4.19. The molecule has 76 valence electrons. The number of rotatable bonds is 3. The first-order valence-corrected chi connectivity index (χ1v) is 5.92. The Morgan fingerprint density at radius 2 is 2.29 bits per heavy atom. The van der Waals surface area contributed by atoms with Gasteiger partial charge in [0.2, 0.25) is 0 Å². The van der Waals surface area contributed by atoms with Gasteiger partial charge in [-0.05, 0) is 24.6 Å². The molecular formula is C10H11ClINO. The smallest absolute Gasteiger partial charge is 0.177 e. The van der Waals surface area contributed by atoms with E-state index in [9.17, 15) is 4.79 Å². The van der Waals surface area contributed by atoms with Crippen molar-refractivity contribution in [2.75, 3.05) is 5.73 Å². The number of carbonyl (C=O) groups is 1. The van der Waals surface area contributed by atoms with Crippen LogP contribution < -0.4 is 5.73 Å². The number of nitrogen functional groups attached to an aromatic ring is 1. The maximum Gasteiger partial charge on any atom is 0.177 e. The predicted octanol–water partition coefficient (Wildman–Crippen LogP) is 3.32. The van der Waals surface area contributed by atoms with Crippen molar-refractivity contribution >= 4 is 45.7 Å². The molecule has 1 aromatic rings. The normalized spacial score (nSPS) is 12.5. The van der Waals surface area contributed by atoms with E-state index in [0.717, 1.165) is 6.42 Å². The van der Waals surface area contributed by atoms with E-state index in [1.807, 2.05) is 6.92 Å². The van der Waals surface area contributed by atoms with Crippen LogP contribution in [0.15, 0.2) is 18.2 Å². The molecule has 0 aliphatic heterocycles. The minimum Gasteiger partial charge on any atom is -0.398 e. The Morgan fingerprint density at radius 3 is 2.86 bits per heavy atom. The van der Waals surface area contributed by atoms with Crippen LogP contribution in [0, 0.1) is 0 Å². The number of alkyl halides is 1. The summed E-state index contributed by atoms with van der Waals surface area (Å²) >= 11 is 7.91. The van der Waals surface area contributed by atoms with Crippen LogP contribution in [0.5, 0.6) is 0 Å². The molecule has 0 aliphatic carbocycles. The number of carbonyl (C=O) groups excluding carboxylic acids is 1. The summed E-state index contributed by atoms with van der Waals surface area (Å²) in [6.07, 6.45) is 0.797. The summed E-state index contributed by atoms with van der Waals surface area (Å²) in [7, 11) is 0. The number of ketones is 1. The molecule has 1 atom stereocenters. The molecule has 0 aliphatic rings. The Bertz CT molecular complexity index is 354. The van der Waals surface area contributed by atoms with Gasteiger partial charge in [0, 0.05) is 16.3 Å². The summed E-state index contributed by atoms with van der Waals surface area (Å²) in [6.45, 7) is 1.97. The average Bonchev–Trinajstić information content (AvgIpc) is 2.19. The molecule has 1 unspecified atom stereocenters. The molecule has 0 bridgehead atoms. The highest BCUT2D eigenvalue weighted by Gasteiger charge is 2.17.